The maximum atomic E-state index is 7.39. The summed E-state index contributed by atoms with van der Waals surface area (Å²) < 4.78 is 5.67. The van der Waals surface area contributed by atoms with Gasteiger partial charge in [-0.05, 0) is 30.7 Å². The van der Waals surface area contributed by atoms with Crippen LogP contribution in [0.4, 0.5) is 0 Å². The lowest BCUT2D eigenvalue weighted by molar-refractivity contribution is 0.306. The van der Waals surface area contributed by atoms with E-state index in [1.807, 2.05) is 55.5 Å². The van der Waals surface area contributed by atoms with Crippen LogP contribution in [0.2, 0.25) is 0 Å². The zero-order chi connectivity index (χ0) is 13.0. The number of nitrogen functional groups attached to an aromatic ring is 1. The summed E-state index contributed by atoms with van der Waals surface area (Å²) in [6.45, 7) is 2.52. The van der Waals surface area contributed by atoms with Crippen molar-refractivity contribution in [2.24, 2.45) is 5.73 Å². The predicted molar refractivity (Wildman–Crippen MR) is 73.0 cm³/mol. The molecular formula is C15H16N2O. The number of hydrogen-bond donors (Lipinski definition) is 2. The lowest BCUT2D eigenvalue weighted by atomic mass is 10.1. The monoisotopic (exact) mass is 240 g/mol. The largest absolute Gasteiger partial charge is 0.489 e. The molecule has 0 aliphatic heterocycles. The third kappa shape index (κ3) is 3.10. The Morgan fingerprint density at radius 1 is 1.17 bits per heavy atom. The second-order valence-electron chi connectivity index (χ2n) is 4.22. The smallest absolute Gasteiger partial charge is 0.122 e. The topological polar surface area (TPSA) is 59.1 Å². The van der Waals surface area contributed by atoms with E-state index in [0.717, 1.165) is 16.9 Å². The van der Waals surface area contributed by atoms with Crippen molar-refractivity contribution in [3.8, 4) is 5.75 Å². The third-order valence-electron chi connectivity index (χ3n) is 2.66. The molecule has 2 aromatic carbocycles. The number of amidine groups is 1. The van der Waals surface area contributed by atoms with Gasteiger partial charge in [0.1, 0.15) is 18.2 Å². The van der Waals surface area contributed by atoms with Gasteiger partial charge in [-0.2, -0.15) is 0 Å². The van der Waals surface area contributed by atoms with Crippen molar-refractivity contribution >= 4 is 5.84 Å². The summed E-state index contributed by atoms with van der Waals surface area (Å²) in [5.74, 6) is 0.918. The fourth-order valence-electron chi connectivity index (χ4n) is 1.63. The van der Waals surface area contributed by atoms with Crippen LogP contribution in [0.25, 0.3) is 0 Å². The van der Waals surface area contributed by atoms with Crippen molar-refractivity contribution in [1.82, 2.24) is 0 Å². The zero-order valence-electron chi connectivity index (χ0n) is 10.3. The first-order valence-corrected chi connectivity index (χ1v) is 5.78. The number of benzene rings is 2. The first-order chi connectivity index (χ1) is 8.65. The Morgan fingerprint density at radius 2 is 1.89 bits per heavy atom. The fourth-order valence-corrected chi connectivity index (χ4v) is 1.63. The molecular weight excluding hydrogens is 224 g/mol. The number of ether oxygens (including phenoxy) is 1. The van der Waals surface area contributed by atoms with Crippen molar-refractivity contribution in [3.63, 3.8) is 0 Å². The van der Waals surface area contributed by atoms with Crippen molar-refractivity contribution < 1.29 is 4.74 Å². The van der Waals surface area contributed by atoms with Crippen LogP contribution >= 0.6 is 0 Å². The van der Waals surface area contributed by atoms with E-state index in [9.17, 15) is 0 Å². The minimum Gasteiger partial charge on any atom is -0.489 e. The van der Waals surface area contributed by atoms with Gasteiger partial charge in [0.15, 0.2) is 0 Å². The van der Waals surface area contributed by atoms with E-state index in [1.54, 1.807) is 0 Å². The maximum absolute atomic E-state index is 7.39. The molecule has 0 saturated carbocycles. The van der Waals surface area contributed by atoms with E-state index in [-0.39, 0.29) is 5.84 Å². The highest BCUT2D eigenvalue weighted by molar-refractivity contribution is 5.95. The van der Waals surface area contributed by atoms with E-state index in [4.69, 9.17) is 15.9 Å². The molecule has 0 atom stereocenters. The molecule has 0 amide bonds. The van der Waals surface area contributed by atoms with Gasteiger partial charge in [-0.25, -0.2) is 0 Å². The summed E-state index contributed by atoms with van der Waals surface area (Å²) in [6.07, 6.45) is 0. The summed E-state index contributed by atoms with van der Waals surface area (Å²) in [6, 6.07) is 15.5. The highest BCUT2D eigenvalue weighted by Gasteiger charge is 2.00. The van der Waals surface area contributed by atoms with Crippen LogP contribution < -0.4 is 10.5 Å². The Kier molecular flexibility index (Phi) is 3.63. The number of nitrogens with one attached hydrogen (secondary N) is 1. The lowest BCUT2D eigenvalue weighted by Crippen LogP contribution is -2.11. The molecule has 0 aromatic heterocycles. The number of aryl methyl sites for hydroxylation is 1. The summed E-state index contributed by atoms with van der Waals surface area (Å²) >= 11 is 0. The molecule has 0 saturated heterocycles. The van der Waals surface area contributed by atoms with Crippen LogP contribution in [0, 0.1) is 12.3 Å². The Balaban J connectivity index is 2.04. The average molecular weight is 240 g/mol. The van der Waals surface area contributed by atoms with Gasteiger partial charge in [0, 0.05) is 5.56 Å². The van der Waals surface area contributed by atoms with Crippen LogP contribution in [0.3, 0.4) is 0 Å². The van der Waals surface area contributed by atoms with E-state index in [0.29, 0.717) is 6.61 Å². The van der Waals surface area contributed by atoms with Crippen molar-refractivity contribution in [1.29, 1.82) is 5.41 Å². The summed E-state index contributed by atoms with van der Waals surface area (Å²) in [5.41, 5.74) is 8.38. The highest BCUT2D eigenvalue weighted by atomic mass is 16.5. The second kappa shape index (κ2) is 5.36. The minimum atomic E-state index is 0.0761. The predicted octanol–water partition coefficient (Wildman–Crippen LogP) is 2.86. The second-order valence-corrected chi connectivity index (χ2v) is 4.22. The molecule has 18 heavy (non-hydrogen) atoms. The van der Waals surface area contributed by atoms with E-state index < -0.39 is 0 Å². The average Bonchev–Trinajstić information content (AvgIpc) is 2.38. The molecule has 3 nitrogen and oxygen atoms in total. The molecule has 0 unspecified atom stereocenters. The van der Waals surface area contributed by atoms with Gasteiger partial charge in [-0.1, -0.05) is 35.9 Å². The third-order valence-corrected chi connectivity index (χ3v) is 2.66. The molecule has 0 heterocycles. The number of nitrogens with two attached hydrogens (primary N) is 1. The Bertz CT molecular complexity index is 547. The van der Waals surface area contributed by atoms with Crippen LogP contribution in [-0.2, 0) is 6.61 Å². The molecule has 2 aromatic rings. The molecule has 92 valence electrons. The lowest BCUT2D eigenvalue weighted by Gasteiger charge is -2.07. The van der Waals surface area contributed by atoms with Crippen molar-refractivity contribution in [2.45, 2.75) is 13.5 Å². The molecule has 0 bridgehead atoms. The van der Waals surface area contributed by atoms with Gasteiger partial charge < -0.3 is 10.5 Å². The minimum absolute atomic E-state index is 0.0761. The SMILES string of the molecule is Cc1ccc(OCc2cccc(C(=N)N)c2)cc1. The number of rotatable bonds is 4. The van der Waals surface area contributed by atoms with Gasteiger partial charge in [0.05, 0.1) is 0 Å². The van der Waals surface area contributed by atoms with Gasteiger partial charge in [0.2, 0.25) is 0 Å². The molecule has 2 rings (SSSR count). The quantitative estimate of drug-likeness (QED) is 0.637. The zero-order valence-corrected chi connectivity index (χ0v) is 10.3. The molecule has 0 fully saturated rings. The molecule has 0 spiro atoms. The highest BCUT2D eigenvalue weighted by Crippen LogP contribution is 2.14. The first kappa shape index (κ1) is 12.2. The van der Waals surface area contributed by atoms with E-state index in [2.05, 4.69) is 0 Å². The van der Waals surface area contributed by atoms with Crippen LogP contribution in [0.5, 0.6) is 5.75 Å². The van der Waals surface area contributed by atoms with Gasteiger partial charge in [-0.3, -0.25) is 5.41 Å². The Morgan fingerprint density at radius 3 is 2.56 bits per heavy atom. The molecule has 3 N–H and O–H groups in total. The van der Waals surface area contributed by atoms with Crippen LogP contribution in [-0.4, -0.2) is 5.84 Å². The normalized spacial score (nSPS) is 10.1. The van der Waals surface area contributed by atoms with Crippen LogP contribution in [0.15, 0.2) is 48.5 Å². The first-order valence-electron chi connectivity index (χ1n) is 5.78. The summed E-state index contributed by atoms with van der Waals surface area (Å²) in [5, 5.41) is 7.39. The van der Waals surface area contributed by atoms with Gasteiger partial charge in [-0.15, -0.1) is 0 Å². The van der Waals surface area contributed by atoms with Gasteiger partial charge in [0.25, 0.3) is 0 Å². The maximum Gasteiger partial charge on any atom is 0.122 e. The van der Waals surface area contributed by atoms with Crippen LogP contribution in [0.1, 0.15) is 16.7 Å². The Labute approximate surface area is 107 Å². The van der Waals surface area contributed by atoms with E-state index in [1.165, 1.54) is 5.56 Å². The summed E-state index contributed by atoms with van der Waals surface area (Å²) in [4.78, 5) is 0. The molecule has 3 heteroatoms. The van der Waals surface area contributed by atoms with Gasteiger partial charge >= 0.3 is 0 Å². The molecule has 0 radical (unpaired) electrons. The Hall–Kier alpha value is -2.29. The number of hydrogen-bond acceptors (Lipinski definition) is 2. The summed E-state index contributed by atoms with van der Waals surface area (Å²) in [7, 11) is 0. The van der Waals surface area contributed by atoms with Crippen molar-refractivity contribution in [2.75, 3.05) is 0 Å². The fraction of sp³-hybridized carbons (Fsp3) is 0.133. The van der Waals surface area contributed by atoms with E-state index >= 15 is 0 Å². The molecule has 0 aliphatic carbocycles. The standard InChI is InChI=1S/C15H16N2O/c1-11-5-7-14(8-6-11)18-10-12-3-2-4-13(9-12)15(16)17/h2-9H,10H2,1H3,(H3,16,17). The van der Waals surface area contributed by atoms with Crippen molar-refractivity contribution in [3.05, 3.63) is 65.2 Å². The molecule has 0 aliphatic rings.